The van der Waals surface area contributed by atoms with Crippen molar-refractivity contribution >= 4 is 5.97 Å². The van der Waals surface area contributed by atoms with E-state index in [9.17, 15) is 15.0 Å². The second-order valence-corrected chi connectivity index (χ2v) is 13.3. The van der Waals surface area contributed by atoms with Gasteiger partial charge in [-0.25, -0.2) is 0 Å². The largest absolute Gasteiger partial charge is 0.462 e. The fraction of sp³-hybridized carbons (Fsp3) is 0.774. The quantitative estimate of drug-likeness (QED) is 0.270. The van der Waals surface area contributed by atoms with Crippen molar-refractivity contribution in [2.24, 2.45) is 17.8 Å². The SMILES string of the molecule is CC1=C[C@H]2C(=O)O[C@H]3C[C@@H](C[C@@H]4O[C@@]4(C)C[C@@H](C)/C=C/C=C4\CO[C@H]([C@@H]1O)[C@@]42O)O[C@@]1(CC[C@H](C)C(C)O1)C3. The minimum atomic E-state index is -1.69. The summed E-state index contributed by atoms with van der Waals surface area (Å²) in [6, 6.07) is 0. The molecular formula is C31H44O8. The van der Waals surface area contributed by atoms with E-state index < -0.39 is 41.6 Å². The summed E-state index contributed by atoms with van der Waals surface area (Å²) in [5.74, 6) is -1.64. The first-order valence-electron chi connectivity index (χ1n) is 14.7. The number of hydrogen-bond acceptors (Lipinski definition) is 8. The summed E-state index contributed by atoms with van der Waals surface area (Å²) >= 11 is 0. The normalized spacial score (nSPS) is 54.0. The van der Waals surface area contributed by atoms with Crippen LogP contribution in [-0.2, 0) is 28.5 Å². The summed E-state index contributed by atoms with van der Waals surface area (Å²) in [6.45, 7) is 10.5. The number of rotatable bonds is 0. The molecule has 2 N–H and O–H groups in total. The van der Waals surface area contributed by atoms with Gasteiger partial charge in [-0.2, -0.15) is 0 Å². The van der Waals surface area contributed by atoms with Gasteiger partial charge in [0.05, 0.1) is 30.5 Å². The molecule has 1 unspecified atom stereocenters. The van der Waals surface area contributed by atoms with Gasteiger partial charge in [0.1, 0.15) is 29.8 Å². The standard InChI is InChI=1S/C31H44O8/c1-17-7-6-8-21-16-35-27-26(32)19(3)11-24(31(21,27)34)28(33)36-23-12-22(13-25-29(5,14-17)39-25)38-30(15-23)10-9-18(2)20(4)37-30/h6-8,11,17-18,20,22-27,32,34H,9-10,12-16H2,1-5H3/b7-6+,21-8+/t17-,18-,20?,22-,23-,24-,25-,26+,27+,29-,30-,31+/m0/s1. The molecule has 4 saturated heterocycles. The second-order valence-electron chi connectivity index (χ2n) is 13.3. The van der Waals surface area contributed by atoms with Crippen molar-refractivity contribution in [2.75, 3.05) is 6.61 Å². The number of aliphatic hydroxyl groups excluding tert-OH is 1. The van der Waals surface area contributed by atoms with E-state index in [0.717, 1.165) is 19.3 Å². The summed E-state index contributed by atoms with van der Waals surface area (Å²) < 4.78 is 31.5. The van der Waals surface area contributed by atoms with Crippen LogP contribution in [0.2, 0.25) is 0 Å². The molecule has 39 heavy (non-hydrogen) atoms. The molecule has 2 bridgehead atoms. The number of carbonyl (C=O) groups excluding carboxylic acids is 1. The van der Waals surface area contributed by atoms with Crippen molar-refractivity contribution in [3.8, 4) is 0 Å². The van der Waals surface area contributed by atoms with Gasteiger partial charge in [-0.15, -0.1) is 0 Å². The van der Waals surface area contributed by atoms with Gasteiger partial charge in [0.25, 0.3) is 0 Å². The van der Waals surface area contributed by atoms with Crippen LogP contribution in [0, 0.1) is 17.8 Å². The Bertz CT molecular complexity index is 1080. The number of ether oxygens (including phenoxy) is 5. The molecule has 4 fully saturated rings. The molecule has 0 aromatic carbocycles. The molecule has 0 aromatic rings. The van der Waals surface area contributed by atoms with Crippen LogP contribution in [0.4, 0.5) is 0 Å². The Morgan fingerprint density at radius 3 is 2.62 bits per heavy atom. The van der Waals surface area contributed by atoms with Crippen LogP contribution in [0.5, 0.6) is 0 Å². The van der Waals surface area contributed by atoms with Crippen LogP contribution in [0.15, 0.2) is 35.5 Å². The van der Waals surface area contributed by atoms with E-state index in [2.05, 4.69) is 33.8 Å². The van der Waals surface area contributed by atoms with Crippen molar-refractivity contribution in [3.63, 3.8) is 0 Å². The molecule has 6 rings (SSSR count). The third-order valence-electron chi connectivity index (χ3n) is 10.2. The van der Waals surface area contributed by atoms with Crippen molar-refractivity contribution < 1.29 is 38.7 Å². The van der Waals surface area contributed by atoms with Crippen LogP contribution in [-0.4, -0.2) is 76.4 Å². The van der Waals surface area contributed by atoms with E-state index in [4.69, 9.17) is 23.7 Å². The zero-order chi connectivity index (χ0) is 27.7. The summed E-state index contributed by atoms with van der Waals surface area (Å²) in [6.07, 6.45) is 9.37. The fourth-order valence-corrected chi connectivity index (χ4v) is 7.57. The third kappa shape index (κ3) is 4.85. The van der Waals surface area contributed by atoms with Gasteiger partial charge >= 0.3 is 5.97 Å². The maximum atomic E-state index is 13.9. The van der Waals surface area contributed by atoms with Gasteiger partial charge in [0, 0.05) is 25.7 Å². The molecule has 0 aromatic heterocycles. The van der Waals surface area contributed by atoms with Crippen LogP contribution >= 0.6 is 0 Å². The lowest BCUT2D eigenvalue weighted by Gasteiger charge is -2.49. The number of esters is 1. The number of hydrogen-bond donors (Lipinski definition) is 2. The molecule has 5 aliphatic heterocycles. The number of aliphatic hydroxyl groups is 2. The number of fused-ring (bicyclic) bond motifs is 3. The highest BCUT2D eigenvalue weighted by molar-refractivity contribution is 5.78. The van der Waals surface area contributed by atoms with Crippen molar-refractivity contribution in [1.29, 1.82) is 0 Å². The molecule has 5 heterocycles. The van der Waals surface area contributed by atoms with Crippen LogP contribution in [0.25, 0.3) is 0 Å². The van der Waals surface area contributed by atoms with E-state index in [1.165, 1.54) is 0 Å². The second kappa shape index (κ2) is 9.78. The lowest BCUT2D eigenvalue weighted by Crippen LogP contribution is -2.58. The Hall–Kier alpha value is -1.55. The minimum absolute atomic E-state index is 0.0389. The number of carbonyl (C=O) groups is 1. The summed E-state index contributed by atoms with van der Waals surface area (Å²) in [4.78, 5) is 13.9. The molecule has 0 saturated carbocycles. The zero-order valence-corrected chi connectivity index (χ0v) is 23.8. The predicted molar refractivity (Wildman–Crippen MR) is 143 cm³/mol. The Morgan fingerprint density at radius 1 is 1.05 bits per heavy atom. The zero-order valence-electron chi connectivity index (χ0n) is 23.8. The number of epoxide rings is 1. The van der Waals surface area contributed by atoms with Gasteiger partial charge in [-0.3, -0.25) is 4.79 Å². The van der Waals surface area contributed by atoms with Crippen LogP contribution < -0.4 is 0 Å². The van der Waals surface area contributed by atoms with Crippen molar-refractivity contribution in [1.82, 2.24) is 0 Å². The number of allylic oxidation sites excluding steroid dienone is 3. The lowest BCUT2D eigenvalue weighted by atomic mass is 9.71. The van der Waals surface area contributed by atoms with E-state index in [1.54, 1.807) is 13.0 Å². The van der Waals surface area contributed by atoms with Gasteiger partial charge < -0.3 is 33.9 Å². The average molecular weight is 545 g/mol. The van der Waals surface area contributed by atoms with Gasteiger partial charge in [0.15, 0.2) is 5.79 Å². The highest BCUT2D eigenvalue weighted by Crippen LogP contribution is 2.50. The predicted octanol–water partition coefficient (Wildman–Crippen LogP) is 3.75. The first kappa shape index (κ1) is 27.6. The summed E-state index contributed by atoms with van der Waals surface area (Å²) in [7, 11) is 0. The highest BCUT2D eigenvalue weighted by atomic mass is 16.7. The molecule has 216 valence electrons. The van der Waals surface area contributed by atoms with E-state index in [0.29, 0.717) is 36.3 Å². The topological polar surface area (TPSA) is 107 Å². The smallest absolute Gasteiger partial charge is 0.316 e. The van der Waals surface area contributed by atoms with Gasteiger partial charge in [-0.05, 0) is 56.6 Å². The summed E-state index contributed by atoms with van der Waals surface area (Å²) in [5.41, 5.74) is -0.759. The van der Waals surface area contributed by atoms with Crippen molar-refractivity contribution in [2.45, 2.75) is 127 Å². The molecule has 8 heteroatoms. The molecule has 1 spiro atoms. The molecule has 0 radical (unpaired) electrons. The first-order chi connectivity index (χ1) is 18.4. The molecule has 0 amide bonds. The van der Waals surface area contributed by atoms with Crippen LogP contribution in [0.3, 0.4) is 0 Å². The molecule has 8 nitrogen and oxygen atoms in total. The van der Waals surface area contributed by atoms with Gasteiger partial charge in [0.2, 0.25) is 0 Å². The monoisotopic (exact) mass is 544 g/mol. The van der Waals surface area contributed by atoms with Gasteiger partial charge in [-0.1, -0.05) is 38.2 Å². The van der Waals surface area contributed by atoms with E-state index in [-0.39, 0.29) is 36.4 Å². The average Bonchev–Trinajstić information content (AvgIpc) is 3.34. The Kier molecular flexibility index (Phi) is 6.92. The Balaban J connectivity index is 1.36. The Morgan fingerprint density at radius 2 is 1.85 bits per heavy atom. The van der Waals surface area contributed by atoms with E-state index in [1.807, 2.05) is 12.2 Å². The van der Waals surface area contributed by atoms with Crippen molar-refractivity contribution in [3.05, 3.63) is 35.5 Å². The maximum Gasteiger partial charge on any atom is 0.316 e. The van der Waals surface area contributed by atoms with Crippen LogP contribution in [0.1, 0.15) is 73.1 Å². The maximum absolute atomic E-state index is 13.9. The molecular weight excluding hydrogens is 500 g/mol. The minimum Gasteiger partial charge on any atom is -0.462 e. The fourth-order valence-electron chi connectivity index (χ4n) is 7.57. The Labute approximate surface area is 231 Å². The molecule has 12 atom stereocenters. The molecule has 6 aliphatic rings. The molecule has 1 aliphatic carbocycles. The first-order valence-corrected chi connectivity index (χ1v) is 14.7. The summed E-state index contributed by atoms with van der Waals surface area (Å²) in [5, 5.41) is 22.9. The lowest BCUT2D eigenvalue weighted by molar-refractivity contribution is -0.333. The third-order valence-corrected chi connectivity index (χ3v) is 10.2. The highest BCUT2D eigenvalue weighted by Gasteiger charge is 2.60. The van der Waals surface area contributed by atoms with E-state index >= 15 is 0 Å².